The molecule has 5 rings (SSSR count). The van der Waals surface area contributed by atoms with Gasteiger partial charge in [0.05, 0.1) is 18.0 Å². The van der Waals surface area contributed by atoms with Crippen molar-refractivity contribution in [2.75, 3.05) is 13.3 Å². The number of hydrogen-bond acceptors (Lipinski definition) is 6. The third-order valence-electron chi connectivity index (χ3n) is 7.16. The zero-order valence-corrected chi connectivity index (χ0v) is 23.7. The van der Waals surface area contributed by atoms with Gasteiger partial charge in [-0.3, -0.25) is 4.79 Å². The number of benzene rings is 2. The van der Waals surface area contributed by atoms with E-state index in [2.05, 4.69) is 0 Å². The Balaban J connectivity index is 1.44. The molecule has 1 saturated carbocycles. The standard InChI is InChI=1S/C28H31ClN2O5S2/c1-20-13-14-37-27(20)17-30(16-21-7-12-25-26(15-21)36-19-35-25)28(32)18-31(23-5-3-2-4-6-23)38(33,34)24-10-8-22(29)9-11-24/h7-15,23H,2-6,16-19H2,1H3. The summed E-state index contributed by atoms with van der Waals surface area (Å²) < 4.78 is 40.1. The Bertz CT molecular complexity index is 1380. The molecule has 0 bridgehead atoms. The predicted octanol–water partition coefficient (Wildman–Crippen LogP) is 5.99. The molecule has 0 spiro atoms. The number of carbonyl (C=O) groups is 1. The second kappa shape index (κ2) is 11.7. The lowest BCUT2D eigenvalue weighted by atomic mass is 9.95. The number of thiophene rings is 1. The number of carbonyl (C=O) groups excluding carboxylic acids is 1. The smallest absolute Gasteiger partial charge is 0.243 e. The lowest BCUT2D eigenvalue weighted by molar-refractivity contribution is -0.133. The van der Waals surface area contributed by atoms with Gasteiger partial charge in [-0.1, -0.05) is 36.9 Å². The van der Waals surface area contributed by atoms with Gasteiger partial charge >= 0.3 is 0 Å². The predicted molar refractivity (Wildman–Crippen MR) is 148 cm³/mol. The molecule has 1 fully saturated rings. The minimum absolute atomic E-state index is 0.150. The molecule has 1 amide bonds. The quantitative estimate of drug-likeness (QED) is 0.314. The van der Waals surface area contributed by atoms with E-state index in [9.17, 15) is 13.2 Å². The first-order chi connectivity index (χ1) is 18.3. The number of sulfonamides is 1. The van der Waals surface area contributed by atoms with Gasteiger partial charge in [0.15, 0.2) is 11.5 Å². The highest BCUT2D eigenvalue weighted by atomic mass is 35.5. The number of halogens is 1. The first kappa shape index (κ1) is 27.0. The maximum atomic E-state index is 14.0. The van der Waals surface area contributed by atoms with Crippen molar-refractivity contribution in [3.05, 3.63) is 74.9 Å². The first-order valence-corrected chi connectivity index (χ1v) is 15.5. The van der Waals surface area contributed by atoms with Crippen molar-refractivity contribution in [2.24, 2.45) is 0 Å². The number of rotatable bonds is 9. The molecule has 3 aromatic rings. The molecule has 0 N–H and O–H groups in total. The maximum Gasteiger partial charge on any atom is 0.243 e. The Labute approximate surface area is 233 Å². The molecule has 0 atom stereocenters. The zero-order valence-electron chi connectivity index (χ0n) is 21.3. The Hall–Kier alpha value is -2.59. The average molecular weight is 575 g/mol. The van der Waals surface area contributed by atoms with Crippen LogP contribution >= 0.6 is 22.9 Å². The fraction of sp³-hybridized carbons (Fsp3) is 0.393. The molecular formula is C28H31ClN2O5S2. The molecule has 2 heterocycles. The summed E-state index contributed by atoms with van der Waals surface area (Å²) in [6.07, 6.45) is 4.45. The molecule has 0 saturated heterocycles. The van der Waals surface area contributed by atoms with Crippen LogP contribution in [0.4, 0.5) is 0 Å². The summed E-state index contributed by atoms with van der Waals surface area (Å²) in [6.45, 7) is 2.70. The van der Waals surface area contributed by atoms with E-state index < -0.39 is 10.0 Å². The van der Waals surface area contributed by atoms with E-state index in [4.69, 9.17) is 21.1 Å². The van der Waals surface area contributed by atoms with Gasteiger partial charge in [-0.25, -0.2) is 8.42 Å². The molecule has 1 aromatic heterocycles. The summed E-state index contributed by atoms with van der Waals surface area (Å²) >= 11 is 7.62. The molecule has 1 aliphatic carbocycles. The van der Waals surface area contributed by atoms with Crippen molar-refractivity contribution in [3.63, 3.8) is 0 Å². The van der Waals surface area contributed by atoms with E-state index in [1.165, 1.54) is 16.4 Å². The van der Waals surface area contributed by atoms with Crippen LogP contribution < -0.4 is 9.47 Å². The van der Waals surface area contributed by atoms with E-state index in [0.717, 1.165) is 48.1 Å². The molecule has 38 heavy (non-hydrogen) atoms. The topological polar surface area (TPSA) is 76.2 Å². The number of nitrogens with zero attached hydrogens (tertiary/aromatic N) is 2. The van der Waals surface area contributed by atoms with Crippen LogP contribution in [0.1, 0.15) is 48.1 Å². The second-order valence-electron chi connectivity index (χ2n) is 9.76. The van der Waals surface area contributed by atoms with Gasteiger partial charge in [-0.2, -0.15) is 4.31 Å². The molecule has 2 aliphatic rings. The van der Waals surface area contributed by atoms with Gasteiger partial charge in [0.25, 0.3) is 0 Å². The highest BCUT2D eigenvalue weighted by Gasteiger charge is 2.35. The molecule has 1 aliphatic heterocycles. The summed E-state index contributed by atoms with van der Waals surface area (Å²) in [5.74, 6) is 1.09. The van der Waals surface area contributed by atoms with Crippen LogP contribution in [0.3, 0.4) is 0 Å². The minimum Gasteiger partial charge on any atom is -0.454 e. The van der Waals surface area contributed by atoms with Gasteiger partial charge in [-0.15, -0.1) is 11.3 Å². The summed E-state index contributed by atoms with van der Waals surface area (Å²) in [5, 5.41) is 2.47. The molecule has 2 aromatic carbocycles. The van der Waals surface area contributed by atoms with Crippen molar-refractivity contribution in [1.29, 1.82) is 0 Å². The Morgan fingerprint density at radius 2 is 1.74 bits per heavy atom. The van der Waals surface area contributed by atoms with Gasteiger partial charge in [0.2, 0.25) is 22.7 Å². The van der Waals surface area contributed by atoms with Crippen LogP contribution in [-0.2, 0) is 27.9 Å². The Morgan fingerprint density at radius 1 is 1.00 bits per heavy atom. The van der Waals surface area contributed by atoms with Gasteiger partial charge < -0.3 is 14.4 Å². The lowest BCUT2D eigenvalue weighted by Crippen LogP contribution is -2.47. The molecular weight excluding hydrogens is 544 g/mol. The van der Waals surface area contributed by atoms with Crippen LogP contribution in [-0.4, -0.2) is 42.9 Å². The second-order valence-corrected chi connectivity index (χ2v) is 13.1. The third-order valence-corrected chi connectivity index (χ3v) is 10.3. The van der Waals surface area contributed by atoms with Crippen LogP contribution in [0, 0.1) is 6.92 Å². The average Bonchev–Trinajstić information content (AvgIpc) is 3.55. The summed E-state index contributed by atoms with van der Waals surface area (Å²) in [6, 6.07) is 13.6. The molecule has 0 unspecified atom stereocenters. The third kappa shape index (κ3) is 6.01. The number of aryl methyl sites for hydroxylation is 1. The van der Waals surface area contributed by atoms with E-state index in [1.807, 2.05) is 36.6 Å². The van der Waals surface area contributed by atoms with E-state index in [-0.39, 0.29) is 30.2 Å². The van der Waals surface area contributed by atoms with Gasteiger partial charge in [-0.05, 0) is 78.7 Å². The maximum absolute atomic E-state index is 14.0. The molecule has 7 nitrogen and oxygen atoms in total. The first-order valence-electron chi connectivity index (χ1n) is 12.8. The van der Waals surface area contributed by atoms with Crippen LogP contribution in [0.15, 0.2) is 58.8 Å². The number of fused-ring (bicyclic) bond motifs is 1. The Morgan fingerprint density at radius 3 is 2.45 bits per heavy atom. The van der Waals surface area contributed by atoms with Gasteiger partial charge in [0.1, 0.15) is 0 Å². The summed E-state index contributed by atoms with van der Waals surface area (Å²) in [7, 11) is -3.90. The summed E-state index contributed by atoms with van der Waals surface area (Å²) in [5.41, 5.74) is 2.00. The highest BCUT2D eigenvalue weighted by Crippen LogP contribution is 2.34. The highest BCUT2D eigenvalue weighted by molar-refractivity contribution is 7.89. The van der Waals surface area contributed by atoms with Crippen LogP contribution in [0.2, 0.25) is 5.02 Å². The van der Waals surface area contributed by atoms with Crippen molar-refractivity contribution in [1.82, 2.24) is 9.21 Å². The Kier molecular flexibility index (Phi) is 8.28. The number of amides is 1. The van der Waals surface area contributed by atoms with Crippen molar-refractivity contribution >= 4 is 38.9 Å². The zero-order chi connectivity index (χ0) is 26.7. The minimum atomic E-state index is -3.90. The fourth-order valence-electron chi connectivity index (χ4n) is 4.99. The van der Waals surface area contributed by atoms with Crippen molar-refractivity contribution in [2.45, 2.75) is 63.1 Å². The normalized spacial score (nSPS) is 15.7. The summed E-state index contributed by atoms with van der Waals surface area (Å²) in [4.78, 5) is 16.9. The SMILES string of the molecule is Cc1ccsc1CN(Cc1ccc2c(c1)OCO2)C(=O)CN(C1CCCCC1)S(=O)(=O)c1ccc(Cl)cc1. The number of ether oxygens (including phenoxy) is 2. The van der Waals surface area contributed by atoms with Crippen LogP contribution in [0.25, 0.3) is 0 Å². The van der Waals surface area contributed by atoms with E-state index in [1.54, 1.807) is 28.4 Å². The van der Waals surface area contributed by atoms with E-state index >= 15 is 0 Å². The monoisotopic (exact) mass is 574 g/mol. The van der Waals surface area contributed by atoms with E-state index in [0.29, 0.717) is 29.6 Å². The molecule has 10 heteroatoms. The molecule has 0 radical (unpaired) electrons. The lowest BCUT2D eigenvalue weighted by Gasteiger charge is -2.34. The van der Waals surface area contributed by atoms with Gasteiger partial charge in [0, 0.05) is 22.5 Å². The van der Waals surface area contributed by atoms with Crippen LogP contribution in [0.5, 0.6) is 11.5 Å². The largest absolute Gasteiger partial charge is 0.454 e. The molecule has 202 valence electrons. The number of hydrogen-bond donors (Lipinski definition) is 0. The van der Waals surface area contributed by atoms with Crippen molar-refractivity contribution in [3.8, 4) is 11.5 Å². The van der Waals surface area contributed by atoms with Crippen molar-refractivity contribution < 1.29 is 22.7 Å². The fourth-order valence-corrected chi connectivity index (χ4v) is 7.67.